The molecule has 0 aromatic carbocycles. The summed E-state index contributed by atoms with van der Waals surface area (Å²) in [5.41, 5.74) is 1.80. The van der Waals surface area contributed by atoms with Crippen molar-refractivity contribution in [2.24, 2.45) is 0 Å². The Labute approximate surface area is 108 Å². The molecule has 0 bridgehead atoms. The van der Waals surface area contributed by atoms with E-state index in [0.717, 1.165) is 23.5 Å². The fraction of sp³-hybridized carbons (Fsp3) is 0.273. The Balaban J connectivity index is 2.35. The molecule has 0 saturated heterocycles. The van der Waals surface area contributed by atoms with Crippen molar-refractivity contribution in [3.05, 3.63) is 33.4 Å². The minimum Gasteiger partial charge on any atom is -0.251 e. The number of pyridine rings is 1. The molecule has 0 N–H and O–H groups in total. The van der Waals surface area contributed by atoms with Crippen LogP contribution in [0.2, 0.25) is 10.0 Å². The van der Waals surface area contributed by atoms with Crippen LogP contribution in [0.4, 0.5) is 0 Å². The van der Waals surface area contributed by atoms with Crippen LogP contribution < -0.4 is 0 Å². The number of hydrogen-bond acceptors (Lipinski definition) is 3. The van der Waals surface area contributed by atoms with Gasteiger partial charge in [0.2, 0.25) is 0 Å². The van der Waals surface area contributed by atoms with Crippen molar-refractivity contribution < 1.29 is 0 Å². The molecular weight excluding hydrogens is 263 g/mol. The molecule has 0 radical (unpaired) electrons. The van der Waals surface area contributed by atoms with E-state index in [1.54, 1.807) is 23.6 Å². The third-order valence-electron chi connectivity index (χ3n) is 2.07. The lowest BCUT2D eigenvalue weighted by Gasteiger charge is -1.99. The number of aromatic nitrogens is 2. The standard InChI is InChI=1S/C11H10Cl2N2S/c1-2-3-8-6-16-11(15-8)10-9(13)4-7(12)5-14-10/h4-6H,2-3H2,1H3. The SMILES string of the molecule is CCCc1csc(-c2ncc(Cl)cc2Cl)n1. The average Bonchev–Trinajstić information content (AvgIpc) is 2.67. The third kappa shape index (κ3) is 2.54. The molecule has 2 nitrogen and oxygen atoms in total. The quantitative estimate of drug-likeness (QED) is 0.824. The van der Waals surface area contributed by atoms with Crippen LogP contribution in [-0.4, -0.2) is 9.97 Å². The lowest BCUT2D eigenvalue weighted by atomic mass is 10.3. The summed E-state index contributed by atoms with van der Waals surface area (Å²) in [5.74, 6) is 0. The van der Waals surface area contributed by atoms with Gasteiger partial charge < -0.3 is 0 Å². The summed E-state index contributed by atoms with van der Waals surface area (Å²) in [6.45, 7) is 2.13. The number of halogens is 2. The lowest BCUT2D eigenvalue weighted by molar-refractivity contribution is 0.893. The first-order valence-corrected chi connectivity index (χ1v) is 6.60. The zero-order valence-corrected chi connectivity index (χ0v) is 11.0. The van der Waals surface area contributed by atoms with Crippen molar-refractivity contribution >= 4 is 34.5 Å². The van der Waals surface area contributed by atoms with Gasteiger partial charge in [-0.05, 0) is 12.5 Å². The first-order chi connectivity index (χ1) is 7.70. The minimum absolute atomic E-state index is 0.541. The van der Waals surface area contributed by atoms with Crippen molar-refractivity contribution in [3.8, 4) is 10.7 Å². The Morgan fingerprint density at radius 2 is 2.19 bits per heavy atom. The van der Waals surface area contributed by atoms with E-state index in [2.05, 4.69) is 16.9 Å². The summed E-state index contributed by atoms with van der Waals surface area (Å²) >= 11 is 13.4. The van der Waals surface area contributed by atoms with E-state index >= 15 is 0 Å². The van der Waals surface area contributed by atoms with Gasteiger partial charge in [-0.3, -0.25) is 4.98 Å². The van der Waals surface area contributed by atoms with Gasteiger partial charge in [0, 0.05) is 11.6 Å². The van der Waals surface area contributed by atoms with E-state index in [9.17, 15) is 0 Å². The smallest absolute Gasteiger partial charge is 0.143 e. The van der Waals surface area contributed by atoms with E-state index in [-0.39, 0.29) is 0 Å². The van der Waals surface area contributed by atoms with Crippen LogP contribution in [0.25, 0.3) is 10.7 Å². The second kappa shape index (κ2) is 5.13. The predicted molar refractivity (Wildman–Crippen MR) is 69.4 cm³/mol. The van der Waals surface area contributed by atoms with Crippen molar-refractivity contribution in [3.63, 3.8) is 0 Å². The van der Waals surface area contributed by atoms with Gasteiger partial charge in [-0.2, -0.15) is 0 Å². The second-order valence-corrected chi connectivity index (χ2v) is 5.08. The molecule has 0 unspecified atom stereocenters. The molecule has 0 saturated carbocycles. The van der Waals surface area contributed by atoms with Gasteiger partial charge >= 0.3 is 0 Å². The maximum atomic E-state index is 6.07. The number of nitrogens with zero attached hydrogens (tertiary/aromatic N) is 2. The number of rotatable bonds is 3. The van der Waals surface area contributed by atoms with E-state index in [4.69, 9.17) is 23.2 Å². The molecule has 2 aromatic heterocycles. The highest BCUT2D eigenvalue weighted by atomic mass is 35.5. The zero-order valence-electron chi connectivity index (χ0n) is 8.70. The van der Waals surface area contributed by atoms with Crippen LogP contribution in [-0.2, 0) is 6.42 Å². The molecule has 2 aromatic rings. The number of hydrogen-bond donors (Lipinski definition) is 0. The Kier molecular flexibility index (Phi) is 3.79. The van der Waals surface area contributed by atoms with Gasteiger partial charge in [-0.15, -0.1) is 11.3 Å². The fourth-order valence-corrected chi connectivity index (χ4v) is 2.75. The molecule has 0 aliphatic heterocycles. The highest BCUT2D eigenvalue weighted by molar-refractivity contribution is 7.13. The molecule has 0 spiro atoms. The Bertz CT molecular complexity index is 496. The van der Waals surface area contributed by atoms with E-state index < -0.39 is 0 Å². The molecule has 0 fully saturated rings. The molecule has 2 heterocycles. The molecule has 0 aliphatic carbocycles. The number of thiazole rings is 1. The molecule has 84 valence electrons. The molecular formula is C11H10Cl2N2S. The summed E-state index contributed by atoms with van der Waals surface area (Å²) in [7, 11) is 0. The molecule has 0 atom stereocenters. The Hall–Kier alpha value is -0.640. The lowest BCUT2D eigenvalue weighted by Crippen LogP contribution is -1.86. The summed E-state index contributed by atoms with van der Waals surface area (Å²) < 4.78 is 0. The van der Waals surface area contributed by atoms with Crippen LogP contribution >= 0.6 is 34.5 Å². The van der Waals surface area contributed by atoms with Crippen LogP contribution in [0.5, 0.6) is 0 Å². The van der Waals surface area contributed by atoms with Gasteiger partial charge in [0.05, 0.1) is 15.7 Å². The topological polar surface area (TPSA) is 25.8 Å². The summed E-state index contributed by atoms with van der Waals surface area (Å²) in [5, 5.41) is 3.99. The minimum atomic E-state index is 0.541. The van der Waals surface area contributed by atoms with E-state index in [0.29, 0.717) is 15.7 Å². The predicted octanol–water partition coefficient (Wildman–Crippen LogP) is 4.46. The van der Waals surface area contributed by atoms with Gasteiger partial charge in [-0.1, -0.05) is 36.5 Å². The van der Waals surface area contributed by atoms with Crippen molar-refractivity contribution in [1.82, 2.24) is 9.97 Å². The van der Waals surface area contributed by atoms with Gasteiger partial charge in [0.1, 0.15) is 10.7 Å². The molecule has 5 heteroatoms. The molecule has 2 rings (SSSR count). The second-order valence-electron chi connectivity index (χ2n) is 3.38. The van der Waals surface area contributed by atoms with Gasteiger partial charge in [0.25, 0.3) is 0 Å². The maximum absolute atomic E-state index is 6.07. The summed E-state index contributed by atoms with van der Waals surface area (Å²) in [6.07, 6.45) is 3.66. The monoisotopic (exact) mass is 272 g/mol. The number of aryl methyl sites for hydroxylation is 1. The molecule has 0 aliphatic rings. The van der Waals surface area contributed by atoms with Gasteiger partial charge in [-0.25, -0.2) is 4.98 Å². The molecule has 0 amide bonds. The van der Waals surface area contributed by atoms with Crippen molar-refractivity contribution in [2.75, 3.05) is 0 Å². The highest BCUT2D eigenvalue weighted by Crippen LogP contribution is 2.30. The van der Waals surface area contributed by atoms with Crippen LogP contribution in [0, 0.1) is 0 Å². The van der Waals surface area contributed by atoms with Crippen molar-refractivity contribution in [2.45, 2.75) is 19.8 Å². The van der Waals surface area contributed by atoms with Crippen LogP contribution in [0.3, 0.4) is 0 Å². The third-order valence-corrected chi connectivity index (χ3v) is 3.46. The highest BCUT2D eigenvalue weighted by Gasteiger charge is 2.10. The maximum Gasteiger partial charge on any atom is 0.143 e. The van der Waals surface area contributed by atoms with Gasteiger partial charge in [0.15, 0.2) is 0 Å². The Morgan fingerprint density at radius 3 is 2.88 bits per heavy atom. The van der Waals surface area contributed by atoms with E-state index in [1.807, 2.05) is 5.38 Å². The summed E-state index contributed by atoms with van der Waals surface area (Å²) in [4.78, 5) is 8.69. The normalized spacial score (nSPS) is 10.7. The first kappa shape index (κ1) is 11.8. The molecule has 16 heavy (non-hydrogen) atoms. The zero-order chi connectivity index (χ0) is 11.5. The van der Waals surface area contributed by atoms with Crippen molar-refractivity contribution in [1.29, 1.82) is 0 Å². The average molecular weight is 273 g/mol. The summed E-state index contributed by atoms with van der Waals surface area (Å²) in [6, 6.07) is 1.69. The first-order valence-electron chi connectivity index (χ1n) is 4.96. The Morgan fingerprint density at radius 1 is 1.38 bits per heavy atom. The van der Waals surface area contributed by atoms with Crippen LogP contribution in [0.15, 0.2) is 17.6 Å². The largest absolute Gasteiger partial charge is 0.251 e. The van der Waals surface area contributed by atoms with Crippen LogP contribution in [0.1, 0.15) is 19.0 Å². The fourth-order valence-electron chi connectivity index (χ4n) is 1.36. The van der Waals surface area contributed by atoms with E-state index in [1.165, 1.54) is 0 Å².